The Morgan fingerprint density at radius 3 is 2.95 bits per heavy atom. The second-order valence-electron chi connectivity index (χ2n) is 4.44. The van der Waals surface area contributed by atoms with E-state index < -0.39 is 11.9 Å². The number of hydrogen-bond donors (Lipinski definition) is 1. The van der Waals surface area contributed by atoms with Crippen LogP contribution in [0.2, 0.25) is 0 Å². The van der Waals surface area contributed by atoms with Crippen molar-refractivity contribution in [3.05, 3.63) is 57.8 Å². The van der Waals surface area contributed by atoms with Crippen molar-refractivity contribution in [2.24, 2.45) is 0 Å². The summed E-state index contributed by atoms with van der Waals surface area (Å²) in [6, 6.07) is 7.42. The first kappa shape index (κ1) is 13.3. The van der Waals surface area contributed by atoms with Crippen molar-refractivity contribution in [2.75, 3.05) is 0 Å². The lowest BCUT2D eigenvalue weighted by Crippen LogP contribution is -2.15. The van der Waals surface area contributed by atoms with Gasteiger partial charge in [0.1, 0.15) is 0 Å². The summed E-state index contributed by atoms with van der Waals surface area (Å²) in [5.41, 5.74) is 1.57. The molecule has 0 spiro atoms. The van der Waals surface area contributed by atoms with Crippen LogP contribution >= 0.6 is 27.3 Å². The molecule has 3 aromatic rings. The number of hydrogen-bond acceptors (Lipinski definition) is 3. The van der Waals surface area contributed by atoms with Gasteiger partial charge in [-0.05, 0) is 11.6 Å². The molecule has 0 radical (unpaired) electrons. The van der Waals surface area contributed by atoms with E-state index in [9.17, 15) is 9.90 Å². The van der Waals surface area contributed by atoms with E-state index in [-0.39, 0.29) is 0 Å². The maximum atomic E-state index is 11.6. The predicted molar refractivity (Wildman–Crippen MR) is 81.3 cm³/mol. The fourth-order valence-electron chi connectivity index (χ4n) is 2.17. The molecule has 20 heavy (non-hydrogen) atoms. The van der Waals surface area contributed by atoms with Crippen molar-refractivity contribution in [1.82, 2.24) is 9.38 Å². The molecule has 0 saturated heterocycles. The molecular formula is C14H11BrN2O2S. The Bertz CT molecular complexity index is 737. The maximum Gasteiger partial charge on any atom is 0.311 e. The summed E-state index contributed by atoms with van der Waals surface area (Å²) in [5.74, 6) is -1.44. The predicted octanol–water partition coefficient (Wildman–Crippen LogP) is 3.57. The van der Waals surface area contributed by atoms with Gasteiger partial charge in [-0.2, -0.15) is 0 Å². The monoisotopic (exact) mass is 350 g/mol. The molecule has 3 rings (SSSR count). The minimum absolute atomic E-state index is 0.381. The lowest BCUT2D eigenvalue weighted by atomic mass is 9.95. The normalized spacial score (nSPS) is 12.7. The zero-order chi connectivity index (χ0) is 14.1. The molecule has 1 atom stereocenters. The lowest BCUT2D eigenvalue weighted by Gasteiger charge is -2.13. The largest absolute Gasteiger partial charge is 0.481 e. The number of benzene rings is 1. The van der Waals surface area contributed by atoms with Gasteiger partial charge < -0.3 is 5.11 Å². The van der Waals surface area contributed by atoms with Crippen molar-refractivity contribution >= 4 is 38.2 Å². The van der Waals surface area contributed by atoms with Crippen LogP contribution in [0.4, 0.5) is 0 Å². The third kappa shape index (κ3) is 2.48. The van der Waals surface area contributed by atoms with Gasteiger partial charge in [0.05, 0.1) is 11.6 Å². The molecular weight excluding hydrogens is 340 g/mol. The number of carbonyl (C=O) groups is 1. The van der Waals surface area contributed by atoms with E-state index in [4.69, 9.17) is 0 Å². The molecule has 6 heteroatoms. The van der Waals surface area contributed by atoms with E-state index in [1.54, 1.807) is 0 Å². The highest BCUT2D eigenvalue weighted by Gasteiger charge is 2.23. The van der Waals surface area contributed by atoms with E-state index in [1.165, 1.54) is 11.3 Å². The van der Waals surface area contributed by atoms with Crippen LogP contribution in [0.25, 0.3) is 4.96 Å². The highest BCUT2D eigenvalue weighted by Crippen LogP contribution is 2.28. The number of carboxylic acid groups (broad SMARTS) is 1. The van der Waals surface area contributed by atoms with Crippen LogP contribution in [0, 0.1) is 0 Å². The number of aliphatic carboxylic acids is 1. The van der Waals surface area contributed by atoms with Crippen LogP contribution < -0.4 is 0 Å². The average molecular weight is 351 g/mol. The number of carboxylic acids is 1. The highest BCUT2D eigenvalue weighted by atomic mass is 79.9. The fourth-order valence-corrected chi connectivity index (χ4v) is 3.45. The Kier molecular flexibility index (Phi) is 3.58. The molecule has 0 aliphatic heterocycles. The topological polar surface area (TPSA) is 54.6 Å². The van der Waals surface area contributed by atoms with E-state index >= 15 is 0 Å². The first-order valence-electron chi connectivity index (χ1n) is 6.03. The first-order chi connectivity index (χ1) is 9.65. The average Bonchev–Trinajstić information content (AvgIpc) is 2.97. The standard InChI is InChI=1S/C14H11BrN2O2S/c15-12-4-2-1-3-10(12)11(13(18)19)7-9-8-17-5-6-20-14(17)16-9/h1-6,8,11H,7H2,(H,18,19). The van der Waals surface area contributed by atoms with Crippen LogP contribution in [0.15, 0.2) is 46.5 Å². The van der Waals surface area contributed by atoms with Gasteiger partial charge in [-0.3, -0.25) is 9.20 Å². The molecule has 0 aliphatic rings. The van der Waals surface area contributed by atoms with Gasteiger partial charge in [0.25, 0.3) is 0 Å². The first-order valence-corrected chi connectivity index (χ1v) is 7.70. The van der Waals surface area contributed by atoms with Crippen molar-refractivity contribution in [3.8, 4) is 0 Å². The van der Waals surface area contributed by atoms with Gasteiger partial charge in [0.15, 0.2) is 4.96 Å². The summed E-state index contributed by atoms with van der Waals surface area (Å²) in [5, 5.41) is 11.4. The van der Waals surface area contributed by atoms with Crippen molar-refractivity contribution in [3.63, 3.8) is 0 Å². The zero-order valence-corrected chi connectivity index (χ0v) is 12.8. The molecule has 0 bridgehead atoms. The molecule has 1 aromatic carbocycles. The summed E-state index contributed by atoms with van der Waals surface area (Å²) in [6.45, 7) is 0. The minimum atomic E-state index is -0.840. The smallest absolute Gasteiger partial charge is 0.311 e. The van der Waals surface area contributed by atoms with E-state index in [0.29, 0.717) is 6.42 Å². The summed E-state index contributed by atoms with van der Waals surface area (Å²) in [6.07, 6.45) is 4.19. The number of fused-ring (bicyclic) bond motifs is 1. The van der Waals surface area contributed by atoms with Gasteiger partial charge in [0.2, 0.25) is 0 Å². The molecule has 1 unspecified atom stereocenters. The number of rotatable bonds is 4. The number of aromatic nitrogens is 2. The Morgan fingerprint density at radius 2 is 2.25 bits per heavy atom. The Balaban J connectivity index is 1.94. The Morgan fingerprint density at radius 1 is 1.45 bits per heavy atom. The van der Waals surface area contributed by atoms with E-state index in [2.05, 4.69) is 20.9 Å². The van der Waals surface area contributed by atoms with Gasteiger partial charge >= 0.3 is 5.97 Å². The molecule has 4 nitrogen and oxygen atoms in total. The van der Waals surface area contributed by atoms with Gasteiger partial charge in [-0.15, -0.1) is 11.3 Å². The molecule has 2 aromatic heterocycles. The van der Waals surface area contributed by atoms with Crippen LogP contribution in [0.3, 0.4) is 0 Å². The van der Waals surface area contributed by atoms with Crippen LogP contribution in [-0.4, -0.2) is 20.5 Å². The molecule has 0 saturated carbocycles. The third-order valence-corrected chi connectivity index (χ3v) is 4.63. The molecule has 0 aliphatic carbocycles. The summed E-state index contributed by atoms with van der Waals surface area (Å²) in [4.78, 5) is 16.9. The van der Waals surface area contributed by atoms with E-state index in [0.717, 1.165) is 20.7 Å². The van der Waals surface area contributed by atoms with E-state index in [1.807, 2.05) is 46.4 Å². The molecule has 1 N–H and O–H groups in total. The van der Waals surface area contributed by atoms with Crippen LogP contribution in [0.5, 0.6) is 0 Å². The van der Waals surface area contributed by atoms with Gasteiger partial charge in [0, 0.05) is 28.7 Å². The van der Waals surface area contributed by atoms with Crippen molar-refractivity contribution in [2.45, 2.75) is 12.3 Å². The number of halogens is 1. The molecule has 2 heterocycles. The quantitative estimate of drug-likeness (QED) is 0.782. The van der Waals surface area contributed by atoms with Gasteiger partial charge in [-0.25, -0.2) is 4.98 Å². The Labute approximate surface area is 127 Å². The zero-order valence-electron chi connectivity index (χ0n) is 10.4. The number of nitrogens with zero attached hydrogens (tertiary/aromatic N) is 2. The maximum absolute atomic E-state index is 11.6. The second-order valence-corrected chi connectivity index (χ2v) is 6.17. The van der Waals surface area contributed by atoms with Crippen molar-refractivity contribution < 1.29 is 9.90 Å². The second kappa shape index (κ2) is 5.38. The van der Waals surface area contributed by atoms with Crippen LogP contribution in [-0.2, 0) is 11.2 Å². The number of imidazole rings is 1. The lowest BCUT2D eigenvalue weighted by molar-refractivity contribution is -0.138. The third-order valence-electron chi connectivity index (χ3n) is 3.14. The summed E-state index contributed by atoms with van der Waals surface area (Å²) < 4.78 is 2.73. The highest BCUT2D eigenvalue weighted by molar-refractivity contribution is 9.10. The molecule has 102 valence electrons. The summed E-state index contributed by atoms with van der Waals surface area (Å²) in [7, 11) is 0. The van der Waals surface area contributed by atoms with Crippen LogP contribution in [0.1, 0.15) is 17.2 Å². The molecule has 0 amide bonds. The van der Waals surface area contributed by atoms with Gasteiger partial charge in [-0.1, -0.05) is 34.1 Å². The molecule has 0 fully saturated rings. The SMILES string of the molecule is O=C(O)C(Cc1cn2ccsc2n1)c1ccccc1Br. The number of thiazole rings is 1. The minimum Gasteiger partial charge on any atom is -0.481 e. The fraction of sp³-hybridized carbons (Fsp3) is 0.143. The Hall–Kier alpha value is -1.66. The summed E-state index contributed by atoms with van der Waals surface area (Å²) >= 11 is 4.96. The van der Waals surface area contributed by atoms with Crippen molar-refractivity contribution in [1.29, 1.82) is 0 Å².